The summed E-state index contributed by atoms with van der Waals surface area (Å²) in [6.07, 6.45) is 1.31. The predicted octanol–water partition coefficient (Wildman–Crippen LogP) is 6.10. The Morgan fingerprint density at radius 1 is 1.00 bits per heavy atom. The summed E-state index contributed by atoms with van der Waals surface area (Å²) in [6.45, 7) is 1.91. The van der Waals surface area contributed by atoms with E-state index in [1.54, 1.807) is 0 Å². The molecule has 1 atom stereocenters. The Hall–Kier alpha value is -3.81. The van der Waals surface area contributed by atoms with Gasteiger partial charge in [0.15, 0.2) is 0 Å². The molecule has 1 heterocycles. The number of Topliss-reactive ketones (excluding diaryl/α,β-unsaturated/α-hetero) is 1. The molecule has 1 N–H and O–H groups in total. The second kappa shape index (κ2) is 10.2. The van der Waals surface area contributed by atoms with Crippen molar-refractivity contribution in [1.29, 1.82) is 5.26 Å². The van der Waals surface area contributed by atoms with Gasteiger partial charge in [0, 0.05) is 29.4 Å². The molecule has 1 unspecified atom stereocenters. The van der Waals surface area contributed by atoms with Crippen LogP contribution in [0.25, 0.3) is 33.3 Å². The van der Waals surface area contributed by atoms with Crippen molar-refractivity contribution in [2.75, 3.05) is 0 Å². The highest BCUT2D eigenvalue weighted by molar-refractivity contribution is 5.98. The van der Waals surface area contributed by atoms with Crippen LogP contribution in [0.5, 0.6) is 0 Å². The van der Waals surface area contributed by atoms with E-state index in [0.717, 1.165) is 38.9 Å². The van der Waals surface area contributed by atoms with Crippen LogP contribution in [-0.4, -0.2) is 22.0 Å². The Morgan fingerprint density at radius 2 is 1.67 bits per heavy atom. The van der Waals surface area contributed by atoms with Crippen molar-refractivity contribution < 1.29 is 9.90 Å². The molecule has 33 heavy (non-hydrogen) atoms. The Bertz CT molecular complexity index is 1310. The Balaban J connectivity index is 1.82. The van der Waals surface area contributed by atoms with E-state index in [0.29, 0.717) is 24.8 Å². The maximum atomic E-state index is 12.5. The minimum absolute atomic E-state index is 0.0810. The number of aliphatic hydroxyl groups excluding tert-OH is 1. The Labute approximate surface area is 194 Å². The fourth-order valence-corrected chi connectivity index (χ4v) is 4.08. The van der Waals surface area contributed by atoms with E-state index < -0.39 is 6.10 Å². The summed E-state index contributed by atoms with van der Waals surface area (Å²) in [6, 6.07) is 27.8. The molecule has 1 aromatic heterocycles. The largest absolute Gasteiger partial charge is 0.393 e. The molecule has 4 heteroatoms. The first-order valence-corrected chi connectivity index (χ1v) is 11.3. The van der Waals surface area contributed by atoms with E-state index >= 15 is 0 Å². The molecule has 0 saturated carbocycles. The van der Waals surface area contributed by atoms with Gasteiger partial charge in [0.25, 0.3) is 0 Å². The molecule has 3 aromatic carbocycles. The summed E-state index contributed by atoms with van der Waals surface area (Å²) in [5, 5.41) is 20.7. The number of aliphatic hydroxyl groups is 1. The number of aromatic nitrogens is 1. The van der Waals surface area contributed by atoms with Gasteiger partial charge in [-0.25, -0.2) is 4.98 Å². The Kier molecular flexibility index (Phi) is 6.92. The molecule has 0 aliphatic heterocycles. The average molecular weight is 435 g/mol. The average Bonchev–Trinajstić information content (AvgIpc) is 2.87. The molecular formula is C29H26N2O2. The molecule has 4 aromatic rings. The topological polar surface area (TPSA) is 74.0 Å². The smallest absolute Gasteiger partial charge is 0.137 e. The quantitative estimate of drug-likeness (QED) is 0.363. The first-order valence-electron chi connectivity index (χ1n) is 11.3. The van der Waals surface area contributed by atoms with Crippen molar-refractivity contribution in [2.24, 2.45) is 0 Å². The third kappa shape index (κ3) is 5.00. The van der Waals surface area contributed by atoms with Crippen LogP contribution >= 0.6 is 0 Å². The van der Waals surface area contributed by atoms with E-state index in [9.17, 15) is 15.2 Å². The zero-order chi connectivity index (χ0) is 23.2. The summed E-state index contributed by atoms with van der Waals surface area (Å²) < 4.78 is 0. The minimum atomic E-state index is -0.440. The van der Waals surface area contributed by atoms with Crippen LogP contribution in [0.3, 0.4) is 0 Å². The number of benzene rings is 3. The molecular weight excluding hydrogens is 408 g/mol. The maximum absolute atomic E-state index is 12.5. The van der Waals surface area contributed by atoms with E-state index in [1.165, 1.54) is 0 Å². The molecule has 0 aliphatic rings. The molecule has 4 nitrogen and oxygen atoms in total. The predicted molar refractivity (Wildman–Crippen MR) is 132 cm³/mol. The highest BCUT2D eigenvalue weighted by atomic mass is 16.3. The van der Waals surface area contributed by atoms with Crippen LogP contribution in [0.2, 0.25) is 0 Å². The lowest BCUT2D eigenvalue weighted by molar-refractivity contribution is -0.119. The lowest BCUT2D eigenvalue weighted by atomic mass is 9.91. The molecule has 164 valence electrons. The van der Waals surface area contributed by atoms with Crippen molar-refractivity contribution in [3.63, 3.8) is 0 Å². The van der Waals surface area contributed by atoms with E-state index in [-0.39, 0.29) is 12.2 Å². The number of carbonyl (C=O) groups excluding carboxylic acids is 1. The lowest BCUT2D eigenvalue weighted by Crippen LogP contribution is -2.10. The van der Waals surface area contributed by atoms with Gasteiger partial charge >= 0.3 is 0 Å². The third-order valence-corrected chi connectivity index (χ3v) is 5.90. The van der Waals surface area contributed by atoms with E-state index in [2.05, 4.69) is 6.07 Å². The Morgan fingerprint density at radius 3 is 2.30 bits per heavy atom. The number of rotatable bonds is 8. The number of carbonyl (C=O) groups is 1. The highest BCUT2D eigenvalue weighted by Gasteiger charge is 2.19. The number of nitrogens with zero attached hydrogens (tertiary/aromatic N) is 2. The van der Waals surface area contributed by atoms with Crippen molar-refractivity contribution in [2.45, 2.75) is 38.7 Å². The monoisotopic (exact) mass is 434 g/mol. The molecule has 0 amide bonds. The molecule has 0 fully saturated rings. The molecule has 0 spiro atoms. The summed E-state index contributed by atoms with van der Waals surface area (Å²) in [7, 11) is 0. The van der Waals surface area contributed by atoms with Gasteiger partial charge in [0.05, 0.1) is 22.9 Å². The number of nitriles is 1. The van der Waals surface area contributed by atoms with E-state index in [4.69, 9.17) is 4.98 Å². The lowest BCUT2D eigenvalue weighted by Gasteiger charge is -2.15. The van der Waals surface area contributed by atoms with Gasteiger partial charge in [-0.05, 0) is 36.1 Å². The number of hydrogen-bond donors (Lipinski definition) is 1. The normalized spacial score (nSPS) is 11.8. The van der Waals surface area contributed by atoms with Gasteiger partial charge in [-0.1, -0.05) is 73.7 Å². The summed E-state index contributed by atoms with van der Waals surface area (Å²) in [5.41, 5.74) is 5.57. The van der Waals surface area contributed by atoms with E-state index in [1.807, 2.05) is 85.8 Å². The zero-order valence-electron chi connectivity index (χ0n) is 18.7. The van der Waals surface area contributed by atoms with Gasteiger partial charge in [-0.2, -0.15) is 5.26 Å². The minimum Gasteiger partial charge on any atom is -0.393 e. The molecule has 0 aliphatic carbocycles. The zero-order valence-corrected chi connectivity index (χ0v) is 18.7. The first-order chi connectivity index (χ1) is 16.1. The summed E-state index contributed by atoms with van der Waals surface area (Å²) >= 11 is 0. The summed E-state index contributed by atoms with van der Waals surface area (Å²) in [4.78, 5) is 17.4. The number of ketones is 1. The molecule has 0 radical (unpaired) electrons. The molecule has 4 rings (SSSR count). The van der Waals surface area contributed by atoms with Gasteiger partial charge in [-0.15, -0.1) is 0 Å². The van der Waals surface area contributed by atoms with Crippen molar-refractivity contribution >= 4 is 16.7 Å². The van der Waals surface area contributed by atoms with Crippen LogP contribution in [-0.2, 0) is 11.2 Å². The molecule has 0 bridgehead atoms. The summed E-state index contributed by atoms with van der Waals surface area (Å²) in [5.74, 6) is 0.0810. The van der Waals surface area contributed by atoms with Gasteiger partial charge in [0.2, 0.25) is 0 Å². The third-order valence-electron chi connectivity index (χ3n) is 5.90. The fraction of sp³-hybridized carbons (Fsp3) is 0.207. The standard InChI is InChI=1S/C29H26N2O2/c1-2-23(32)14-15-24(33)17-20-13-16-27-25(18-20)26(19-30)28(21-9-5-3-6-10-21)29(31-27)22-11-7-4-8-12-22/h3-13,16,18,23,32H,2,14-15,17H2,1H3. The first kappa shape index (κ1) is 22.4. The van der Waals surface area contributed by atoms with Crippen molar-refractivity contribution in [3.05, 3.63) is 90.0 Å². The number of pyridine rings is 1. The van der Waals surface area contributed by atoms with Gasteiger partial charge < -0.3 is 5.11 Å². The van der Waals surface area contributed by atoms with Gasteiger partial charge in [0.1, 0.15) is 11.9 Å². The van der Waals surface area contributed by atoms with Crippen LogP contribution < -0.4 is 0 Å². The fourth-order valence-electron chi connectivity index (χ4n) is 4.08. The highest BCUT2D eigenvalue weighted by Crippen LogP contribution is 2.37. The van der Waals surface area contributed by atoms with Crippen LogP contribution in [0, 0.1) is 11.3 Å². The van der Waals surface area contributed by atoms with Crippen LogP contribution in [0.1, 0.15) is 37.3 Å². The maximum Gasteiger partial charge on any atom is 0.137 e. The molecule has 0 saturated heterocycles. The van der Waals surface area contributed by atoms with Crippen molar-refractivity contribution in [1.82, 2.24) is 4.98 Å². The second-order valence-electron chi connectivity index (χ2n) is 8.22. The van der Waals surface area contributed by atoms with Gasteiger partial charge in [-0.3, -0.25) is 4.79 Å². The SMILES string of the molecule is CCC(O)CCC(=O)Cc1ccc2nc(-c3ccccc3)c(-c3ccccc3)c(C#N)c2c1. The van der Waals surface area contributed by atoms with Crippen LogP contribution in [0.4, 0.5) is 0 Å². The number of hydrogen-bond acceptors (Lipinski definition) is 4. The van der Waals surface area contributed by atoms with Crippen LogP contribution in [0.15, 0.2) is 78.9 Å². The number of fused-ring (bicyclic) bond motifs is 1. The second-order valence-corrected chi connectivity index (χ2v) is 8.22. The van der Waals surface area contributed by atoms with Crippen molar-refractivity contribution in [3.8, 4) is 28.5 Å².